The molecule has 106 valence electrons. The number of benzene rings is 2. The molecule has 20 heavy (non-hydrogen) atoms. The third-order valence-electron chi connectivity index (χ3n) is 2.77. The largest absolute Gasteiger partial charge is 0.508 e. The quantitative estimate of drug-likeness (QED) is 0.760. The molecule has 0 bridgehead atoms. The van der Waals surface area contributed by atoms with E-state index >= 15 is 0 Å². The number of halogens is 1. The number of nitrogen functional groups attached to an aromatic ring is 1. The zero-order chi connectivity index (χ0) is 14.9. The molecule has 7 heteroatoms. The van der Waals surface area contributed by atoms with E-state index in [1.54, 1.807) is 6.92 Å². The second-order valence-corrected chi connectivity index (χ2v) is 6.36. The number of rotatable bonds is 3. The van der Waals surface area contributed by atoms with Crippen molar-refractivity contribution < 1.29 is 13.5 Å². The molecule has 4 N–H and O–H groups in total. The predicted octanol–water partition coefficient (Wildman–Crippen LogP) is 2.74. The monoisotopic (exact) mass is 312 g/mol. The smallest absolute Gasteiger partial charge is 0.262 e. The molecule has 2 aromatic carbocycles. The van der Waals surface area contributed by atoms with Crippen molar-refractivity contribution in [3.63, 3.8) is 0 Å². The second-order valence-electron chi connectivity index (χ2n) is 4.28. The molecular weight excluding hydrogens is 300 g/mol. The number of hydrogen-bond donors (Lipinski definition) is 3. The Bertz CT molecular complexity index is 737. The molecule has 0 spiro atoms. The van der Waals surface area contributed by atoms with Crippen molar-refractivity contribution in [1.29, 1.82) is 0 Å². The van der Waals surface area contributed by atoms with Crippen molar-refractivity contribution in [2.24, 2.45) is 0 Å². The number of phenolic OH excluding ortho intramolecular Hbond substituents is 1. The number of sulfonamides is 1. The van der Waals surface area contributed by atoms with Gasteiger partial charge in [-0.25, -0.2) is 8.42 Å². The summed E-state index contributed by atoms with van der Waals surface area (Å²) in [6, 6.07) is 8.47. The molecule has 2 aromatic rings. The highest BCUT2D eigenvalue weighted by atomic mass is 35.5. The number of anilines is 2. The van der Waals surface area contributed by atoms with E-state index in [1.807, 2.05) is 0 Å². The van der Waals surface area contributed by atoms with Gasteiger partial charge in [0.25, 0.3) is 10.0 Å². The van der Waals surface area contributed by atoms with Crippen molar-refractivity contribution in [3.05, 3.63) is 47.0 Å². The number of hydrogen-bond acceptors (Lipinski definition) is 4. The Kier molecular flexibility index (Phi) is 3.78. The predicted molar refractivity (Wildman–Crippen MR) is 79.5 cm³/mol. The van der Waals surface area contributed by atoms with E-state index in [0.29, 0.717) is 11.3 Å². The van der Waals surface area contributed by atoms with Crippen molar-refractivity contribution in [1.82, 2.24) is 0 Å². The van der Waals surface area contributed by atoms with Gasteiger partial charge in [-0.2, -0.15) is 0 Å². The van der Waals surface area contributed by atoms with Crippen LogP contribution < -0.4 is 10.5 Å². The van der Waals surface area contributed by atoms with Crippen LogP contribution in [0.1, 0.15) is 5.56 Å². The van der Waals surface area contributed by atoms with Crippen LogP contribution in [0.25, 0.3) is 0 Å². The fraction of sp³-hybridized carbons (Fsp3) is 0.0769. The fourth-order valence-corrected chi connectivity index (χ4v) is 3.01. The lowest BCUT2D eigenvalue weighted by Crippen LogP contribution is -2.13. The Labute approximate surface area is 122 Å². The Morgan fingerprint density at radius 3 is 2.55 bits per heavy atom. The summed E-state index contributed by atoms with van der Waals surface area (Å²) in [6.45, 7) is 1.71. The normalized spacial score (nSPS) is 11.3. The van der Waals surface area contributed by atoms with Gasteiger partial charge in [0, 0.05) is 16.8 Å². The van der Waals surface area contributed by atoms with Crippen molar-refractivity contribution in [2.75, 3.05) is 10.5 Å². The SMILES string of the molecule is Cc1c(N)cc(S(=O)(=O)Nc2cccc(O)c2)cc1Cl. The van der Waals surface area contributed by atoms with E-state index in [9.17, 15) is 13.5 Å². The van der Waals surface area contributed by atoms with Crippen LogP contribution in [0.5, 0.6) is 5.75 Å². The summed E-state index contributed by atoms with van der Waals surface area (Å²) < 4.78 is 26.8. The minimum Gasteiger partial charge on any atom is -0.508 e. The van der Waals surface area contributed by atoms with E-state index in [1.165, 1.54) is 36.4 Å². The first-order chi connectivity index (χ1) is 9.29. The molecule has 0 fully saturated rings. The summed E-state index contributed by atoms with van der Waals surface area (Å²) >= 11 is 5.94. The van der Waals surface area contributed by atoms with Crippen molar-refractivity contribution >= 4 is 33.0 Å². The average Bonchev–Trinajstić information content (AvgIpc) is 2.34. The first kappa shape index (κ1) is 14.5. The van der Waals surface area contributed by atoms with E-state index in [2.05, 4.69) is 4.72 Å². The van der Waals surface area contributed by atoms with E-state index in [4.69, 9.17) is 17.3 Å². The third kappa shape index (κ3) is 2.97. The molecule has 5 nitrogen and oxygen atoms in total. The second kappa shape index (κ2) is 5.22. The topological polar surface area (TPSA) is 92.4 Å². The van der Waals surface area contributed by atoms with Crippen LogP contribution in [-0.4, -0.2) is 13.5 Å². The van der Waals surface area contributed by atoms with Gasteiger partial charge in [0.05, 0.1) is 10.6 Å². The zero-order valence-electron chi connectivity index (χ0n) is 10.6. The summed E-state index contributed by atoms with van der Waals surface area (Å²) in [7, 11) is -3.82. The van der Waals surface area contributed by atoms with Gasteiger partial charge in [0.15, 0.2) is 0 Å². The molecule has 0 aliphatic carbocycles. The Morgan fingerprint density at radius 1 is 1.25 bits per heavy atom. The van der Waals surface area contributed by atoms with Gasteiger partial charge in [-0.15, -0.1) is 0 Å². The molecule has 0 aliphatic rings. The highest BCUT2D eigenvalue weighted by Gasteiger charge is 2.17. The van der Waals surface area contributed by atoms with Crippen molar-refractivity contribution in [2.45, 2.75) is 11.8 Å². The maximum absolute atomic E-state index is 12.2. The lowest BCUT2D eigenvalue weighted by molar-refractivity contribution is 0.475. The number of aromatic hydroxyl groups is 1. The summed E-state index contributed by atoms with van der Waals surface area (Å²) in [4.78, 5) is -0.0334. The van der Waals surface area contributed by atoms with Crippen LogP contribution in [0.15, 0.2) is 41.3 Å². The van der Waals surface area contributed by atoms with Gasteiger partial charge < -0.3 is 10.8 Å². The van der Waals surface area contributed by atoms with E-state index < -0.39 is 10.0 Å². The van der Waals surface area contributed by atoms with Gasteiger partial charge >= 0.3 is 0 Å². The minimum atomic E-state index is -3.82. The molecule has 0 radical (unpaired) electrons. The maximum atomic E-state index is 12.2. The molecule has 0 aliphatic heterocycles. The standard InChI is InChI=1S/C13H13ClN2O3S/c1-8-12(14)6-11(7-13(8)15)20(18,19)16-9-3-2-4-10(17)5-9/h2-7,16-17H,15H2,1H3. The fourth-order valence-electron chi connectivity index (χ4n) is 1.61. The van der Waals surface area contributed by atoms with Crippen LogP contribution >= 0.6 is 11.6 Å². The molecule has 0 heterocycles. The third-order valence-corrected chi connectivity index (χ3v) is 4.52. The first-order valence-corrected chi connectivity index (χ1v) is 7.53. The highest BCUT2D eigenvalue weighted by molar-refractivity contribution is 7.92. The summed E-state index contributed by atoms with van der Waals surface area (Å²) in [6.07, 6.45) is 0. The van der Waals surface area contributed by atoms with Gasteiger partial charge in [0.1, 0.15) is 5.75 Å². The maximum Gasteiger partial charge on any atom is 0.262 e. The van der Waals surface area contributed by atoms with Crippen LogP contribution in [0.2, 0.25) is 5.02 Å². The Hall–Kier alpha value is -1.92. The summed E-state index contributed by atoms with van der Waals surface area (Å²) in [5.74, 6) is -0.0355. The molecule has 0 saturated carbocycles. The number of nitrogens with two attached hydrogens (primary N) is 1. The van der Waals surface area contributed by atoms with Crippen LogP contribution in [0, 0.1) is 6.92 Å². The lowest BCUT2D eigenvalue weighted by atomic mass is 10.2. The summed E-state index contributed by atoms with van der Waals surface area (Å²) in [5.41, 5.74) is 6.90. The molecule has 0 aromatic heterocycles. The van der Waals surface area contributed by atoms with Crippen LogP contribution in [0.3, 0.4) is 0 Å². The lowest BCUT2D eigenvalue weighted by Gasteiger charge is -2.11. The van der Waals surface area contributed by atoms with Gasteiger partial charge in [0.2, 0.25) is 0 Å². The van der Waals surface area contributed by atoms with Crippen LogP contribution in [-0.2, 0) is 10.0 Å². The van der Waals surface area contributed by atoms with E-state index in [-0.39, 0.29) is 21.4 Å². The van der Waals surface area contributed by atoms with Crippen LogP contribution in [0.4, 0.5) is 11.4 Å². The Balaban J connectivity index is 2.41. The molecule has 0 unspecified atom stereocenters. The zero-order valence-corrected chi connectivity index (χ0v) is 12.2. The minimum absolute atomic E-state index is 0.0334. The number of phenols is 1. The molecule has 2 rings (SSSR count). The number of nitrogens with one attached hydrogen (secondary N) is 1. The summed E-state index contributed by atoms with van der Waals surface area (Å²) in [5, 5.41) is 9.61. The van der Waals surface area contributed by atoms with E-state index in [0.717, 1.165) is 0 Å². The van der Waals surface area contributed by atoms with Crippen molar-refractivity contribution in [3.8, 4) is 5.75 Å². The molecule has 0 amide bonds. The van der Waals surface area contributed by atoms with Gasteiger partial charge in [-0.1, -0.05) is 17.7 Å². The average molecular weight is 313 g/mol. The molecular formula is C13H13ClN2O3S. The first-order valence-electron chi connectivity index (χ1n) is 5.67. The molecule has 0 saturated heterocycles. The van der Waals surface area contributed by atoms with Gasteiger partial charge in [-0.05, 0) is 36.8 Å². The Morgan fingerprint density at radius 2 is 1.95 bits per heavy atom. The van der Waals surface area contributed by atoms with Gasteiger partial charge in [-0.3, -0.25) is 4.72 Å². The highest BCUT2D eigenvalue weighted by Crippen LogP contribution is 2.27. The molecule has 0 atom stereocenters.